The summed E-state index contributed by atoms with van der Waals surface area (Å²) in [6.07, 6.45) is 0.526. The molecule has 2 aliphatic rings. The minimum absolute atomic E-state index is 0.214. The first-order chi connectivity index (χ1) is 12.9. The highest BCUT2D eigenvalue weighted by atomic mass is 19.4. The van der Waals surface area contributed by atoms with E-state index in [9.17, 15) is 22.4 Å². The molecule has 1 aromatic heterocycles. The Morgan fingerprint density at radius 3 is 2.67 bits per heavy atom. The standard InChI is InChI=1S/C18H15F4N3O2/c19-16-9(18(20,21)22)2-1-3-10(16)25-17(26)15-13-5-4-12(27-13)14(15)11-8-23-6-7-24-11/h1-3,6-8,12-15H,4-5H2,(H,25,26)/t12-,13+,14+,15-/m0/s1. The number of aromatic nitrogens is 2. The Balaban J connectivity index is 1.61. The van der Waals surface area contributed by atoms with E-state index >= 15 is 0 Å². The zero-order valence-corrected chi connectivity index (χ0v) is 13.9. The molecule has 2 fully saturated rings. The third-order valence-corrected chi connectivity index (χ3v) is 5.06. The Bertz CT molecular complexity index is 859. The second-order valence-corrected chi connectivity index (χ2v) is 6.63. The number of benzene rings is 1. The maximum Gasteiger partial charge on any atom is 0.419 e. The summed E-state index contributed by atoms with van der Waals surface area (Å²) >= 11 is 0. The number of amides is 1. The molecule has 0 aliphatic carbocycles. The van der Waals surface area contributed by atoms with Crippen LogP contribution in [0.15, 0.2) is 36.8 Å². The molecule has 1 N–H and O–H groups in total. The van der Waals surface area contributed by atoms with Crippen molar-refractivity contribution in [2.45, 2.75) is 37.1 Å². The van der Waals surface area contributed by atoms with Crippen molar-refractivity contribution in [3.8, 4) is 0 Å². The molecule has 5 nitrogen and oxygen atoms in total. The van der Waals surface area contributed by atoms with Gasteiger partial charge in [-0.3, -0.25) is 14.8 Å². The van der Waals surface area contributed by atoms with Crippen LogP contribution in [0.3, 0.4) is 0 Å². The number of rotatable bonds is 3. The Morgan fingerprint density at radius 2 is 1.96 bits per heavy atom. The van der Waals surface area contributed by atoms with Gasteiger partial charge in [-0.2, -0.15) is 13.2 Å². The Morgan fingerprint density at radius 1 is 1.19 bits per heavy atom. The maximum atomic E-state index is 14.2. The van der Waals surface area contributed by atoms with E-state index in [2.05, 4.69) is 15.3 Å². The van der Waals surface area contributed by atoms with Crippen LogP contribution in [-0.4, -0.2) is 28.1 Å². The van der Waals surface area contributed by atoms with Crippen LogP contribution >= 0.6 is 0 Å². The van der Waals surface area contributed by atoms with E-state index in [0.29, 0.717) is 18.2 Å². The predicted octanol–water partition coefficient (Wildman–Crippen LogP) is 3.53. The van der Waals surface area contributed by atoms with Crippen molar-refractivity contribution in [2.75, 3.05) is 5.32 Å². The van der Waals surface area contributed by atoms with Gasteiger partial charge in [0.15, 0.2) is 5.82 Å². The van der Waals surface area contributed by atoms with E-state index in [1.54, 1.807) is 6.20 Å². The molecular weight excluding hydrogens is 366 g/mol. The largest absolute Gasteiger partial charge is 0.419 e. The lowest BCUT2D eigenvalue weighted by Crippen LogP contribution is -2.36. The number of halogens is 4. The fourth-order valence-corrected chi connectivity index (χ4v) is 3.93. The molecule has 2 saturated heterocycles. The molecule has 1 amide bonds. The second kappa shape index (κ2) is 6.56. The number of ether oxygens (including phenoxy) is 1. The molecule has 3 heterocycles. The van der Waals surface area contributed by atoms with Crippen molar-refractivity contribution in [3.05, 3.63) is 53.9 Å². The van der Waals surface area contributed by atoms with Crippen LogP contribution in [0.2, 0.25) is 0 Å². The Kier molecular flexibility index (Phi) is 4.33. The molecule has 2 aromatic rings. The summed E-state index contributed by atoms with van der Waals surface area (Å²) in [6.45, 7) is 0. The molecule has 0 unspecified atom stereocenters. The number of nitrogens with one attached hydrogen (secondary N) is 1. The van der Waals surface area contributed by atoms with E-state index < -0.39 is 35.1 Å². The van der Waals surface area contributed by atoms with E-state index in [0.717, 1.165) is 18.6 Å². The summed E-state index contributed by atoms with van der Waals surface area (Å²) in [4.78, 5) is 21.1. The fourth-order valence-electron chi connectivity index (χ4n) is 3.93. The molecule has 9 heteroatoms. The van der Waals surface area contributed by atoms with Crippen LogP contribution in [0.1, 0.15) is 30.0 Å². The van der Waals surface area contributed by atoms with Crippen LogP contribution in [0, 0.1) is 11.7 Å². The molecule has 0 saturated carbocycles. The fraction of sp³-hybridized carbons (Fsp3) is 0.389. The smallest absolute Gasteiger partial charge is 0.373 e. The average Bonchev–Trinajstić information content (AvgIpc) is 3.24. The average molecular weight is 381 g/mol. The number of nitrogens with zero attached hydrogens (tertiary/aromatic N) is 2. The number of hydrogen-bond donors (Lipinski definition) is 1. The van der Waals surface area contributed by atoms with Crippen LogP contribution in [0.5, 0.6) is 0 Å². The summed E-state index contributed by atoms with van der Waals surface area (Å²) in [5, 5.41) is 2.31. The molecule has 1 aromatic carbocycles. The van der Waals surface area contributed by atoms with Crippen LogP contribution in [0.25, 0.3) is 0 Å². The van der Waals surface area contributed by atoms with E-state index in [-0.39, 0.29) is 18.1 Å². The minimum atomic E-state index is -4.84. The first kappa shape index (κ1) is 17.8. The number of hydrogen-bond acceptors (Lipinski definition) is 4. The maximum absolute atomic E-state index is 14.2. The van der Waals surface area contributed by atoms with E-state index in [1.165, 1.54) is 12.4 Å². The summed E-state index contributed by atoms with van der Waals surface area (Å²) in [5.74, 6) is -3.13. The third kappa shape index (κ3) is 3.16. The van der Waals surface area contributed by atoms with Crippen LogP contribution in [0.4, 0.5) is 23.2 Å². The van der Waals surface area contributed by atoms with Gasteiger partial charge >= 0.3 is 6.18 Å². The van der Waals surface area contributed by atoms with Crippen molar-refractivity contribution in [3.63, 3.8) is 0 Å². The highest BCUT2D eigenvalue weighted by molar-refractivity contribution is 5.94. The normalized spacial score (nSPS) is 27.0. The second-order valence-electron chi connectivity index (χ2n) is 6.63. The molecule has 142 valence electrons. The zero-order chi connectivity index (χ0) is 19.2. The molecule has 4 rings (SSSR count). The molecule has 2 bridgehead atoms. The zero-order valence-electron chi connectivity index (χ0n) is 13.9. The molecule has 0 spiro atoms. The summed E-state index contributed by atoms with van der Waals surface area (Å²) in [6, 6.07) is 2.79. The Hall–Kier alpha value is -2.55. The van der Waals surface area contributed by atoms with Crippen molar-refractivity contribution >= 4 is 11.6 Å². The van der Waals surface area contributed by atoms with E-state index in [1.807, 2.05) is 0 Å². The number of carbonyl (C=O) groups is 1. The molecule has 27 heavy (non-hydrogen) atoms. The highest BCUT2D eigenvalue weighted by Gasteiger charge is 2.53. The lowest BCUT2D eigenvalue weighted by molar-refractivity contribution is -0.140. The van der Waals surface area contributed by atoms with Gasteiger partial charge in [0, 0.05) is 24.5 Å². The van der Waals surface area contributed by atoms with Gasteiger partial charge in [-0.05, 0) is 25.0 Å². The van der Waals surface area contributed by atoms with Crippen LogP contribution in [-0.2, 0) is 15.7 Å². The topological polar surface area (TPSA) is 64.1 Å². The number of carbonyl (C=O) groups excluding carboxylic acids is 1. The van der Waals surface area contributed by atoms with Crippen molar-refractivity contribution in [1.29, 1.82) is 0 Å². The van der Waals surface area contributed by atoms with Gasteiger partial charge < -0.3 is 10.1 Å². The Labute approximate surface area is 151 Å². The highest BCUT2D eigenvalue weighted by Crippen LogP contribution is 2.48. The molecule has 4 atom stereocenters. The lowest BCUT2D eigenvalue weighted by Gasteiger charge is -2.26. The van der Waals surface area contributed by atoms with Gasteiger partial charge in [0.2, 0.25) is 5.91 Å². The molecule has 0 radical (unpaired) electrons. The molecule has 2 aliphatic heterocycles. The first-order valence-electron chi connectivity index (χ1n) is 8.44. The quantitative estimate of drug-likeness (QED) is 0.827. The monoisotopic (exact) mass is 381 g/mol. The minimum Gasteiger partial charge on any atom is -0.373 e. The summed E-state index contributed by atoms with van der Waals surface area (Å²) in [5.41, 5.74) is -1.35. The van der Waals surface area contributed by atoms with Gasteiger partial charge in [-0.25, -0.2) is 4.39 Å². The number of fused-ring (bicyclic) bond motifs is 2. The summed E-state index contributed by atoms with van der Waals surface area (Å²) in [7, 11) is 0. The van der Waals surface area contributed by atoms with Gasteiger partial charge in [-0.15, -0.1) is 0 Å². The lowest BCUT2D eigenvalue weighted by atomic mass is 9.77. The van der Waals surface area contributed by atoms with Crippen LogP contribution < -0.4 is 5.32 Å². The van der Waals surface area contributed by atoms with Crippen molar-refractivity contribution in [2.24, 2.45) is 5.92 Å². The first-order valence-corrected chi connectivity index (χ1v) is 8.44. The SMILES string of the molecule is O=C(Nc1cccc(C(F)(F)F)c1F)[C@@H]1[C@H](c2cnccn2)[C@@H]2CC[C@H]1O2. The van der Waals surface area contributed by atoms with Gasteiger partial charge in [0.05, 0.1) is 35.1 Å². The van der Waals surface area contributed by atoms with E-state index in [4.69, 9.17) is 4.74 Å². The number of alkyl halides is 3. The van der Waals surface area contributed by atoms with Crippen molar-refractivity contribution in [1.82, 2.24) is 9.97 Å². The van der Waals surface area contributed by atoms with Gasteiger partial charge in [0.1, 0.15) is 0 Å². The predicted molar refractivity (Wildman–Crippen MR) is 86.2 cm³/mol. The van der Waals surface area contributed by atoms with Gasteiger partial charge in [-0.1, -0.05) is 6.07 Å². The van der Waals surface area contributed by atoms with Gasteiger partial charge in [0.25, 0.3) is 0 Å². The third-order valence-electron chi connectivity index (χ3n) is 5.06. The molecular formula is C18H15F4N3O2. The summed E-state index contributed by atoms with van der Waals surface area (Å²) < 4.78 is 58.7. The van der Waals surface area contributed by atoms with Crippen molar-refractivity contribution < 1.29 is 27.1 Å². The number of anilines is 1.